The first-order chi connectivity index (χ1) is 13.6. The molecule has 0 aliphatic heterocycles. The predicted octanol–water partition coefficient (Wildman–Crippen LogP) is 3.74. The number of benzene rings is 1. The van der Waals surface area contributed by atoms with Gasteiger partial charge in [-0.25, -0.2) is 19.2 Å². The van der Waals surface area contributed by atoms with Crippen molar-refractivity contribution in [1.82, 2.24) is 15.0 Å². The molecule has 0 bridgehead atoms. The Morgan fingerprint density at radius 2 is 2.11 bits per heavy atom. The summed E-state index contributed by atoms with van der Waals surface area (Å²) in [7, 11) is 1.40. The molecule has 4 rings (SSSR count). The highest BCUT2D eigenvalue weighted by Gasteiger charge is 2.25. The molecule has 7 nitrogen and oxygen atoms in total. The van der Waals surface area contributed by atoms with Crippen molar-refractivity contribution in [3.63, 3.8) is 0 Å². The molecule has 1 aliphatic carbocycles. The van der Waals surface area contributed by atoms with Gasteiger partial charge in [0.15, 0.2) is 11.6 Å². The van der Waals surface area contributed by atoms with Crippen LogP contribution in [0.15, 0.2) is 24.7 Å². The molecule has 0 unspecified atom stereocenters. The number of carbonyl (C=O) groups excluding carboxylic acids is 1. The molecule has 1 fully saturated rings. The fourth-order valence-corrected chi connectivity index (χ4v) is 3.00. The summed E-state index contributed by atoms with van der Waals surface area (Å²) in [5.41, 5.74) is 2.33. The first-order valence-electron chi connectivity index (χ1n) is 9.12. The van der Waals surface area contributed by atoms with Crippen LogP contribution >= 0.6 is 0 Å². The maximum Gasteiger partial charge on any atom is 0.341 e. The maximum absolute atomic E-state index is 14.3. The standard InChI is InChI=1S/C20H20FN3O4/c1-3-27-20(25)13-8-22-19-17(23-10-24-18(13)19)12-6-16(26-2)14(21)7-15(12)28-9-11-4-5-11/h6-8,10-11,22H,3-5,9H2,1-2H3. The lowest BCUT2D eigenvalue weighted by Crippen LogP contribution is -2.04. The van der Waals surface area contributed by atoms with E-state index < -0.39 is 11.8 Å². The number of nitrogens with one attached hydrogen (secondary N) is 1. The molecule has 0 radical (unpaired) electrons. The van der Waals surface area contributed by atoms with Crippen LogP contribution in [-0.2, 0) is 4.74 Å². The van der Waals surface area contributed by atoms with Crippen LogP contribution in [0.4, 0.5) is 4.39 Å². The Balaban J connectivity index is 1.83. The summed E-state index contributed by atoms with van der Waals surface area (Å²) < 4.78 is 30.4. The lowest BCUT2D eigenvalue weighted by molar-refractivity contribution is 0.0528. The van der Waals surface area contributed by atoms with Crippen LogP contribution in [0.5, 0.6) is 11.5 Å². The fraction of sp³-hybridized carbons (Fsp3) is 0.350. The molecular weight excluding hydrogens is 365 g/mol. The predicted molar refractivity (Wildman–Crippen MR) is 100 cm³/mol. The average Bonchev–Trinajstić information content (AvgIpc) is 3.42. The van der Waals surface area contributed by atoms with Gasteiger partial charge >= 0.3 is 5.97 Å². The summed E-state index contributed by atoms with van der Waals surface area (Å²) in [4.78, 5) is 23.8. The minimum atomic E-state index is -0.513. The number of aromatic nitrogens is 3. The van der Waals surface area contributed by atoms with E-state index in [0.717, 1.165) is 12.8 Å². The van der Waals surface area contributed by atoms with Crippen molar-refractivity contribution in [2.75, 3.05) is 20.3 Å². The second-order valence-corrected chi connectivity index (χ2v) is 6.61. The lowest BCUT2D eigenvalue weighted by atomic mass is 10.1. The van der Waals surface area contributed by atoms with E-state index in [1.54, 1.807) is 13.0 Å². The third-order valence-corrected chi connectivity index (χ3v) is 4.64. The number of fused-ring (bicyclic) bond motifs is 1. The molecule has 2 heterocycles. The second kappa shape index (κ2) is 7.46. The summed E-state index contributed by atoms with van der Waals surface area (Å²) in [5.74, 6) is -0.0270. The van der Waals surface area contributed by atoms with Crippen LogP contribution in [0.1, 0.15) is 30.1 Å². The van der Waals surface area contributed by atoms with Crippen LogP contribution < -0.4 is 9.47 Å². The molecular formula is C20H20FN3O4. The third-order valence-electron chi connectivity index (χ3n) is 4.64. The third kappa shape index (κ3) is 3.37. The van der Waals surface area contributed by atoms with Crippen LogP contribution in [0.2, 0.25) is 0 Å². The second-order valence-electron chi connectivity index (χ2n) is 6.61. The lowest BCUT2D eigenvalue weighted by Gasteiger charge is -2.14. The van der Waals surface area contributed by atoms with Gasteiger partial charge in [-0.05, 0) is 31.7 Å². The Bertz CT molecular complexity index is 1030. The molecule has 2 aromatic heterocycles. The van der Waals surface area contributed by atoms with Crippen molar-refractivity contribution in [3.8, 4) is 22.8 Å². The molecule has 146 valence electrons. The molecule has 3 aromatic rings. The first kappa shape index (κ1) is 18.2. The summed E-state index contributed by atoms with van der Waals surface area (Å²) in [6.07, 6.45) is 5.12. The van der Waals surface area contributed by atoms with E-state index in [-0.39, 0.29) is 12.4 Å². The molecule has 0 saturated heterocycles. The van der Waals surface area contributed by atoms with Gasteiger partial charge in [0.25, 0.3) is 0 Å². The van der Waals surface area contributed by atoms with Gasteiger partial charge in [0.2, 0.25) is 0 Å². The summed E-state index contributed by atoms with van der Waals surface area (Å²) >= 11 is 0. The quantitative estimate of drug-likeness (QED) is 0.624. The highest BCUT2D eigenvalue weighted by molar-refractivity contribution is 6.05. The highest BCUT2D eigenvalue weighted by atomic mass is 19.1. The molecule has 1 N–H and O–H groups in total. The Labute approximate surface area is 160 Å². The van der Waals surface area contributed by atoms with Crippen molar-refractivity contribution >= 4 is 17.0 Å². The smallest absolute Gasteiger partial charge is 0.341 e. The minimum Gasteiger partial charge on any atom is -0.494 e. The zero-order valence-corrected chi connectivity index (χ0v) is 15.6. The van der Waals surface area contributed by atoms with Gasteiger partial charge in [0, 0.05) is 17.8 Å². The van der Waals surface area contributed by atoms with Crippen LogP contribution in [0.3, 0.4) is 0 Å². The van der Waals surface area contributed by atoms with E-state index in [0.29, 0.717) is 46.1 Å². The van der Waals surface area contributed by atoms with E-state index in [1.165, 1.54) is 25.7 Å². The first-order valence-corrected chi connectivity index (χ1v) is 9.12. The molecule has 0 atom stereocenters. The van der Waals surface area contributed by atoms with Crippen molar-refractivity contribution in [2.45, 2.75) is 19.8 Å². The number of hydrogen-bond acceptors (Lipinski definition) is 6. The van der Waals surface area contributed by atoms with Gasteiger partial charge in [0.05, 0.1) is 25.8 Å². The molecule has 1 saturated carbocycles. The molecule has 1 aliphatic rings. The fourth-order valence-electron chi connectivity index (χ4n) is 3.00. The molecule has 1 aromatic carbocycles. The zero-order chi connectivity index (χ0) is 19.7. The molecule has 8 heteroatoms. The van der Waals surface area contributed by atoms with Crippen LogP contribution in [0.25, 0.3) is 22.3 Å². The van der Waals surface area contributed by atoms with Crippen LogP contribution in [-0.4, -0.2) is 41.2 Å². The number of methoxy groups -OCH3 is 1. The van der Waals surface area contributed by atoms with E-state index >= 15 is 0 Å². The molecule has 0 spiro atoms. The van der Waals surface area contributed by atoms with Crippen molar-refractivity contribution in [2.24, 2.45) is 5.92 Å². The van der Waals surface area contributed by atoms with Gasteiger partial charge in [-0.3, -0.25) is 0 Å². The van der Waals surface area contributed by atoms with Gasteiger partial charge in [-0.2, -0.15) is 0 Å². The largest absolute Gasteiger partial charge is 0.494 e. The van der Waals surface area contributed by atoms with Crippen molar-refractivity contribution in [1.29, 1.82) is 0 Å². The van der Waals surface area contributed by atoms with Gasteiger partial charge in [-0.15, -0.1) is 0 Å². The van der Waals surface area contributed by atoms with Gasteiger partial charge in [0.1, 0.15) is 28.9 Å². The number of aromatic amines is 1. The Hall–Kier alpha value is -3.16. The number of carbonyl (C=O) groups is 1. The number of halogens is 1. The summed E-state index contributed by atoms with van der Waals surface area (Å²) in [6, 6.07) is 2.85. The number of ether oxygens (including phenoxy) is 3. The van der Waals surface area contributed by atoms with Crippen molar-refractivity contribution < 1.29 is 23.4 Å². The van der Waals surface area contributed by atoms with E-state index in [4.69, 9.17) is 14.2 Å². The Morgan fingerprint density at radius 1 is 1.29 bits per heavy atom. The van der Waals surface area contributed by atoms with Gasteiger partial charge < -0.3 is 19.2 Å². The topological polar surface area (TPSA) is 86.3 Å². The number of hydrogen-bond donors (Lipinski definition) is 1. The van der Waals surface area contributed by atoms with E-state index in [2.05, 4.69) is 15.0 Å². The SMILES string of the molecule is CCOC(=O)c1c[nH]c2c(-c3cc(OC)c(F)cc3OCC3CC3)ncnc12. The van der Waals surface area contributed by atoms with Crippen molar-refractivity contribution in [3.05, 3.63) is 36.0 Å². The molecule has 28 heavy (non-hydrogen) atoms. The van der Waals surface area contributed by atoms with E-state index in [9.17, 15) is 9.18 Å². The zero-order valence-electron chi connectivity index (χ0n) is 15.6. The maximum atomic E-state index is 14.3. The van der Waals surface area contributed by atoms with E-state index in [1.807, 2.05) is 0 Å². The normalized spacial score (nSPS) is 13.5. The number of H-pyrrole nitrogens is 1. The highest BCUT2D eigenvalue weighted by Crippen LogP contribution is 2.39. The monoisotopic (exact) mass is 385 g/mol. The van der Waals surface area contributed by atoms with Crippen LogP contribution in [0, 0.1) is 11.7 Å². The molecule has 0 amide bonds. The number of esters is 1. The number of nitrogens with zero attached hydrogens (tertiary/aromatic N) is 2. The number of rotatable bonds is 7. The van der Waals surface area contributed by atoms with Gasteiger partial charge in [-0.1, -0.05) is 0 Å². The summed E-state index contributed by atoms with van der Waals surface area (Å²) in [6.45, 7) is 2.52. The average molecular weight is 385 g/mol. The Kier molecular flexibility index (Phi) is 4.85. The summed E-state index contributed by atoms with van der Waals surface area (Å²) in [5, 5.41) is 0. The Morgan fingerprint density at radius 3 is 2.82 bits per heavy atom. The minimum absolute atomic E-state index is 0.0812.